The molecule has 1 heterocycles. The molecule has 5 heteroatoms. The molecule has 2 radical (unpaired) electrons. The van der Waals surface area contributed by atoms with Crippen LogP contribution in [0.4, 0.5) is 0 Å². The summed E-state index contributed by atoms with van der Waals surface area (Å²) in [6.07, 6.45) is 9.29. The molecule has 0 aromatic rings. The summed E-state index contributed by atoms with van der Waals surface area (Å²) in [5, 5.41) is 0. The van der Waals surface area contributed by atoms with E-state index in [9.17, 15) is 9.59 Å². The Morgan fingerprint density at radius 3 is 2.67 bits per heavy atom. The third kappa shape index (κ3) is 2.13. The van der Waals surface area contributed by atoms with Gasteiger partial charge in [-0.3, -0.25) is 9.59 Å². The van der Waals surface area contributed by atoms with Crippen molar-refractivity contribution in [3.8, 4) is 0 Å². The molecule has 3 saturated carbocycles. The number of allylic oxidation sites excluding steroid dienone is 1. The van der Waals surface area contributed by atoms with Crippen molar-refractivity contribution in [1.29, 1.82) is 0 Å². The van der Waals surface area contributed by atoms with E-state index in [4.69, 9.17) is 17.3 Å². The van der Waals surface area contributed by atoms with Crippen LogP contribution in [0.5, 0.6) is 0 Å². The lowest BCUT2D eigenvalue weighted by Crippen LogP contribution is -2.57. The second kappa shape index (κ2) is 5.35. The maximum absolute atomic E-state index is 12.3. The number of rotatable bonds is 1. The number of ether oxygens (including phenoxy) is 2. The van der Waals surface area contributed by atoms with Crippen LogP contribution >= 0.6 is 0 Å². The normalized spacial score (nSPS) is 56.6. The zero-order valence-electron chi connectivity index (χ0n) is 16.6. The van der Waals surface area contributed by atoms with E-state index >= 15 is 0 Å². The maximum Gasteiger partial charge on any atom is 0.157 e. The molecular formula is C22H29BO4. The summed E-state index contributed by atoms with van der Waals surface area (Å²) in [4.78, 5) is 24.3. The second-order valence-electron chi connectivity index (χ2n) is 10.3. The Kier molecular flexibility index (Phi) is 3.59. The molecular weight excluding hydrogens is 339 g/mol. The van der Waals surface area contributed by atoms with Crippen molar-refractivity contribution in [1.82, 2.24) is 0 Å². The summed E-state index contributed by atoms with van der Waals surface area (Å²) in [7, 11) is 6.12. The molecule has 4 aliphatic carbocycles. The number of fused-ring (bicyclic) bond motifs is 7. The summed E-state index contributed by atoms with van der Waals surface area (Å²) in [5.74, 6) is 1.83. The van der Waals surface area contributed by atoms with E-state index in [-0.39, 0.29) is 16.9 Å². The molecule has 27 heavy (non-hydrogen) atoms. The zero-order valence-corrected chi connectivity index (χ0v) is 16.6. The van der Waals surface area contributed by atoms with Gasteiger partial charge in [-0.15, -0.1) is 0 Å². The van der Waals surface area contributed by atoms with E-state index in [1.807, 2.05) is 6.08 Å². The Morgan fingerprint density at radius 1 is 1.15 bits per heavy atom. The van der Waals surface area contributed by atoms with E-state index < -0.39 is 11.3 Å². The van der Waals surface area contributed by atoms with Crippen LogP contribution < -0.4 is 0 Å². The van der Waals surface area contributed by atoms with Crippen molar-refractivity contribution in [3.05, 3.63) is 11.6 Å². The number of ketones is 1. The third-order valence-corrected chi connectivity index (χ3v) is 9.11. The molecule has 0 bridgehead atoms. The summed E-state index contributed by atoms with van der Waals surface area (Å²) in [6.45, 7) is 6.31. The highest BCUT2D eigenvalue weighted by Crippen LogP contribution is 2.69. The van der Waals surface area contributed by atoms with E-state index in [1.165, 1.54) is 5.57 Å². The molecule has 1 saturated heterocycles. The number of hydrogen-bond acceptors (Lipinski definition) is 4. The Morgan fingerprint density at radius 2 is 1.93 bits per heavy atom. The van der Waals surface area contributed by atoms with Gasteiger partial charge in [-0.05, 0) is 74.7 Å². The molecule has 5 rings (SSSR count). The van der Waals surface area contributed by atoms with Gasteiger partial charge in [0.05, 0.1) is 6.10 Å². The average molecular weight is 368 g/mol. The monoisotopic (exact) mass is 368 g/mol. The zero-order chi connectivity index (χ0) is 19.2. The Labute approximate surface area is 162 Å². The van der Waals surface area contributed by atoms with Gasteiger partial charge in [0.25, 0.3) is 0 Å². The summed E-state index contributed by atoms with van der Waals surface area (Å²) < 4.78 is 12.2. The van der Waals surface area contributed by atoms with Crippen LogP contribution in [0.15, 0.2) is 11.6 Å². The predicted octanol–water partition coefficient (Wildman–Crippen LogP) is 3.32. The molecule has 4 fully saturated rings. The number of carbonyl (C=O) groups excluding carboxylic acids is 2. The first-order chi connectivity index (χ1) is 12.7. The molecule has 4 nitrogen and oxygen atoms in total. The fraction of sp³-hybridized carbons (Fsp3) is 0.818. The standard InChI is InChI=1S/C22H29BO4/c1-19-8-6-14(25)10-13(19)4-5-15-16(19)7-9-20(2)17(15)11-18-22(20,12-24)27-21(3,23)26-18/h10,12,15-18H,4-9,11H2,1-3H3. The van der Waals surface area contributed by atoms with Crippen LogP contribution in [-0.4, -0.2) is 37.3 Å². The van der Waals surface area contributed by atoms with Gasteiger partial charge in [0.1, 0.15) is 5.69 Å². The summed E-state index contributed by atoms with van der Waals surface area (Å²) in [6, 6.07) is 0. The smallest absolute Gasteiger partial charge is 0.157 e. The second-order valence-corrected chi connectivity index (χ2v) is 10.3. The van der Waals surface area contributed by atoms with Crippen LogP contribution in [0.3, 0.4) is 0 Å². The maximum atomic E-state index is 12.3. The van der Waals surface area contributed by atoms with Crippen LogP contribution in [0, 0.1) is 28.6 Å². The highest BCUT2D eigenvalue weighted by molar-refractivity contribution is 6.13. The highest BCUT2D eigenvalue weighted by atomic mass is 16.8. The lowest BCUT2D eigenvalue weighted by molar-refractivity contribution is -0.184. The van der Waals surface area contributed by atoms with Crippen molar-refractivity contribution in [3.63, 3.8) is 0 Å². The van der Waals surface area contributed by atoms with Gasteiger partial charge in [0.2, 0.25) is 0 Å². The lowest BCUT2D eigenvalue weighted by atomic mass is 9.46. The number of hydrogen-bond donors (Lipinski definition) is 0. The first-order valence-corrected chi connectivity index (χ1v) is 10.5. The number of aldehydes is 1. The molecule has 1 aliphatic heterocycles. The van der Waals surface area contributed by atoms with Crippen LogP contribution in [0.2, 0.25) is 0 Å². The first-order valence-electron chi connectivity index (χ1n) is 10.5. The molecule has 8 atom stereocenters. The van der Waals surface area contributed by atoms with E-state index in [1.54, 1.807) is 6.92 Å². The van der Waals surface area contributed by atoms with Gasteiger partial charge in [-0.1, -0.05) is 19.4 Å². The van der Waals surface area contributed by atoms with Crippen LogP contribution in [-0.2, 0) is 19.1 Å². The van der Waals surface area contributed by atoms with Gasteiger partial charge in [-0.2, -0.15) is 0 Å². The molecule has 8 unspecified atom stereocenters. The van der Waals surface area contributed by atoms with Crippen LogP contribution in [0.25, 0.3) is 0 Å². The molecule has 0 aromatic heterocycles. The molecule has 0 N–H and O–H groups in total. The third-order valence-electron chi connectivity index (χ3n) is 9.11. The van der Waals surface area contributed by atoms with Crippen molar-refractivity contribution in [2.24, 2.45) is 28.6 Å². The largest absolute Gasteiger partial charge is 0.353 e. The molecule has 0 spiro atoms. The van der Waals surface area contributed by atoms with Gasteiger partial charge >= 0.3 is 0 Å². The van der Waals surface area contributed by atoms with Crippen LogP contribution in [0.1, 0.15) is 65.7 Å². The highest BCUT2D eigenvalue weighted by Gasteiger charge is 2.73. The number of carbonyl (C=O) groups is 2. The fourth-order valence-electron chi connectivity index (χ4n) is 7.77. The Bertz CT molecular complexity index is 745. The van der Waals surface area contributed by atoms with Gasteiger partial charge < -0.3 is 9.47 Å². The molecule has 0 aromatic carbocycles. The molecule has 0 amide bonds. The SMILES string of the molecule is [B]C1(C)OC2CC3C4CCC5=CC(=O)CCC5(C)C4CCC3(C)C2(C=O)O1. The van der Waals surface area contributed by atoms with Gasteiger partial charge in [0.15, 0.2) is 25.5 Å². The van der Waals surface area contributed by atoms with E-state index in [2.05, 4.69) is 13.8 Å². The van der Waals surface area contributed by atoms with E-state index in [0.717, 1.165) is 44.8 Å². The summed E-state index contributed by atoms with van der Waals surface area (Å²) in [5.41, 5.74) is -0.845. The van der Waals surface area contributed by atoms with Crippen molar-refractivity contribution in [2.45, 2.75) is 83.1 Å². The quantitative estimate of drug-likeness (QED) is 0.526. The van der Waals surface area contributed by atoms with Crippen molar-refractivity contribution in [2.75, 3.05) is 0 Å². The Balaban J connectivity index is 1.52. The van der Waals surface area contributed by atoms with Crippen molar-refractivity contribution < 1.29 is 19.1 Å². The first kappa shape index (κ1) is 18.1. The average Bonchev–Trinajstić information content (AvgIpc) is 3.01. The van der Waals surface area contributed by atoms with E-state index in [0.29, 0.717) is 30.0 Å². The lowest BCUT2D eigenvalue weighted by Gasteiger charge is -2.58. The topological polar surface area (TPSA) is 52.6 Å². The molecule has 144 valence electrons. The predicted molar refractivity (Wildman–Crippen MR) is 101 cm³/mol. The minimum atomic E-state index is -1.19. The Hall–Kier alpha value is -0.935. The molecule has 5 aliphatic rings. The van der Waals surface area contributed by atoms with Gasteiger partial charge in [0, 0.05) is 11.8 Å². The van der Waals surface area contributed by atoms with Crippen molar-refractivity contribution >= 4 is 19.9 Å². The fourth-order valence-corrected chi connectivity index (χ4v) is 7.77. The van der Waals surface area contributed by atoms with Gasteiger partial charge in [-0.25, -0.2) is 0 Å². The summed E-state index contributed by atoms with van der Waals surface area (Å²) >= 11 is 0. The minimum Gasteiger partial charge on any atom is -0.353 e. The minimum absolute atomic E-state index is 0.133.